The summed E-state index contributed by atoms with van der Waals surface area (Å²) in [5.41, 5.74) is 0.938. The molecule has 0 aliphatic carbocycles. The van der Waals surface area contributed by atoms with Crippen molar-refractivity contribution in [3.8, 4) is 0 Å². The molecule has 0 unspecified atom stereocenters. The van der Waals surface area contributed by atoms with E-state index in [1.807, 2.05) is 13.1 Å². The van der Waals surface area contributed by atoms with E-state index < -0.39 is 0 Å². The van der Waals surface area contributed by atoms with Crippen LogP contribution in [0.25, 0.3) is 0 Å². The van der Waals surface area contributed by atoms with Gasteiger partial charge in [-0.25, -0.2) is 4.39 Å². The fourth-order valence-electron chi connectivity index (χ4n) is 1.52. The number of nitrogens with zero attached hydrogens (tertiary/aromatic N) is 3. The summed E-state index contributed by atoms with van der Waals surface area (Å²) in [6.07, 6.45) is 1.60. The lowest BCUT2D eigenvalue weighted by Gasteiger charge is -2.09. The van der Waals surface area contributed by atoms with Crippen LogP contribution >= 0.6 is 11.8 Å². The first-order chi connectivity index (χ1) is 9.06. The third-order valence-corrected chi connectivity index (χ3v) is 3.69. The number of benzene rings is 1. The minimum atomic E-state index is -0.226. The maximum absolute atomic E-state index is 14.0. The highest BCUT2D eigenvalue weighted by Gasteiger charge is 2.09. The highest BCUT2D eigenvalue weighted by Crippen LogP contribution is 2.28. The van der Waals surface area contributed by atoms with Crippen LogP contribution in [0.3, 0.4) is 0 Å². The molecule has 0 aliphatic rings. The van der Waals surface area contributed by atoms with E-state index in [2.05, 4.69) is 29.4 Å². The standard InChI is InChI=1S/C13H17FN4S/c1-9(2)15-7-10-4-5-12(11(14)6-10)19-13-17-16-8-18(13)3/h4-6,8-9,15H,7H2,1-3H3. The average Bonchev–Trinajstić information content (AvgIpc) is 2.75. The number of hydrogen-bond acceptors (Lipinski definition) is 4. The van der Waals surface area contributed by atoms with Crippen molar-refractivity contribution in [2.45, 2.75) is 36.5 Å². The molecule has 0 amide bonds. The summed E-state index contributed by atoms with van der Waals surface area (Å²) in [5.74, 6) is -0.226. The van der Waals surface area contributed by atoms with Gasteiger partial charge in [-0.15, -0.1) is 10.2 Å². The number of nitrogens with one attached hydrogen (secondary N) is 1. The first kappa shape index (κ1) is 14.0. The number of hydrogen-bond donors (Lipinski definition) is 1. The molecular weight excluding hydrogens is 263 g/mol. The third kappa shape index (κ3) is 3.78. The molecule has 4 nitrogen and oxygen atoms in total. The van der Waals surface area contributed by atoms with Crippen LogP contribution in [0.15, 0.2) is 34.6 Å². The van der Waals surface area contributed by atoms with Crippen molar-refractivity contribution in [2.24, 2.45) is 7.05 Å². The van der Waals surface area contributed by atoms with Crippen molar-refractivity contribution in [3.63, 3.8) is 0 Å². The van der Waals surface area contributed by atoms with E-state index in [0.717, 1.165) is 5.56 Å². The molecule has 0 fully saturated rings. The van der Waals surface area contributed by atoms with E-state index in [0.29, 0.717) is 22.6 Å². The lowest BCUT2D eigenvalue weighted by atomic mass is 10.2. The first-order valence-corrected chi connectivity index (χ1v) is 6.91. The van der Waals surface area contributed by atoms with Gasteiger partial charge in [-0.05, 0) is 29.5 Å². The predicted octanol–water partition coefficient (Wildman–Crippen LogP) is 2.60. The Hall–Kier alpha value is -1.40. The Bertz CT molecular complexity index is 553. The molecular formula is C13H17FN4S. The summed E-state index contributed by atoms with van der Waals surface area (Å²) >= 11 is 1.27. The Balaban J connectivity index is 2.09. The Labute approximate surface area is 116 Å². The second kappa shape index (κ2) is 6.16. The summed E-state index contributed by atoms with van der Waals surface area (Å²) in [6, 6.07) is 5.66. The minimum Gasteiger partial charge on any atom is -0.311 e. The van der Waals surface area contributed by atoms with Gasteiger partial charge in [0, 0.05) is 19.6 Å². The molecule has 1 N–H and O–H groups in total. The van der Waals surface area contributed by atoms with Gasteiger partial charge in [0.05, 0.1) is 4.90 Å². The molecule has 1 aromatic carbocycles. The lowest BCUT2D eigenvalue weighted by Crippen LogP contribution is -2.21. The van der Waals surface area contributed by atoms with Crippen LogP contribution in [0.2, 0.25) is 0 Å². The Morgan fingerprint density at radius 2 is 2.21 bits per heavy atom. The second-order valence-electron chi connectivity index (χ2n) is 4.63. The molecule has 0 atom stereocenters. The van der Waals surface area contributed by atoms with Gasteiger partial charge in [0.1, 0.15) is 12.1 Å². The van der Waals surface area contributed by atoms with Crippen LogP contribution in [0.1, 0.15) is 19.4 Å². The van der Waals surface area contributed by atoms with Crippen LogP contribution in [-0.2, 0) is 13.6 Å². The number of aryl methyl sites for hydroxylation is 1. The molecule has 0 spiro atoms. The van der Waals surface area contributed by atoms with E-state index >= 15 is 0 Å². The van der Waals surface area contributed by atoms with E-state index in [1.165, 1.54) is 11.8 Å². The first-order valence-electron chi connectivity index (χ1n) is 6.10. The largest absolute Gasteiger partial charge is 0.311 e. The van der Waals surface area contributed by atoms with Gasteiger partial charge in [0.15, 0.2) is 5.16 Å². The van der Waals surface area contributed by atoms with Crippen LogP contribution in [-0.4, -0.2) is 20.8 Å². The zero-order chi connectivity index (χ0) is 13.8. The van der Waals surface area contributed by atoms with E-state index in [9.17, 15) is 4.39 Å². The summed E-state index contributed by atoms with van der Waals surface area (Å²) in [6.45, 7) is 4.80. The van der Waals surface area contributed by atoms with E-state index in [4.69, 9.17) is 0 Å². The zero-order valence-corrected chi connectivity index (χ0v) is 12.0. The monoisotopic (exact) mass is 280 g/mol. The van der Waals surface area contributed by atoms with Crippen molar-refractivity contribution in [1.29, 1.82) is 0 Å². The molecule has 0 aliphatic heterocycles. The molecule has 102 valence electrons. The molecule has 1 aromatic heterocycles. The fourth-order valence-corrected chi connectivity index (χ4v) is 2.29. The lowest BCUT2D eigenvalue weighted by molar-refractivity contribution is 0.574. The van der Waals surface area contributed by atoms with Crippen molar-refractivity contribution < 1.29 is 4.39 Å². The average molecular weight is 280 g/mol. The molecule has 19 heavy (non-hydrogen) atoms. The van der Waals surface area contributed by atoms with Crippen molar-refractivity contribution in [3.05, 3.63) is 35.9 Å². The van der Waals surface area contributed by atoms with Crippen LogP contribution in [0, 0.1) is 5.82 Å². The van der Waals surface area contributed by atoms with E-state index in [-0.39, 0.29) is 5.82 Å². The molecule has 0 saturated heterocycles. The maximum atomic E-state index is 14.0. The molecule has 1 heterocycles. The fraction of sp³-hybridized carbons (Fsp3) is 0.385. The van der Waals surface area contributed by atoms with Crippen molar-refractivity contribution in [1.82, 2.24) is 20.1 Å². The van der Waals surface area contributed by atoms with Gasteiger partial charge in [-0.1, -0.05) is 19.9 Å². The SMILES string of the molecule is CC(C)NCc1ccc(Sc2nncn2C)c(F)c1. The summed E-state index contributed by atoms with van der Waals surface area (Å²) in [4.78, 5) is 0.560. The quantitative estimate of drug-likeness (QED) is 0.914. The van der Waals surface area contributed by atoms with Crippen LogP contribution in [0.4, 0.5) is 4.39 Å². The van der Waals surface area contributed by atoms with E-state index in [1.54, 1.807) is 23.0 Å². The highest BCUT2D eigenvalue weighted by atomic mass is 32.2. The normalized spacial score (nSPS) is 11.2. The summed E-state index contributed by atoms with van der Waals surface area (Å²) in [7, 11) is 1.83. The third-order valence-electron chi connectivity index (χ3n) is 2.58. The van der Waals surface area contributed by atoms with Crippen LogP contribution in [0.5, 0.6) is 0 Å². The van der Waals surface area contributed by atoms with Gasteiger partial charge < -0.3 is 9.88 Å². The topological polar surface area (TPSA) is 42.7 Å². The number of aromatic nitrogens is 3. The van der Waals surface area contributed by atoms with Crippen LogP contribution < -0.4 is 5.32 Å². The Kier molecular flexibility index (Phi) is 4.55. The van der Waals surface area contributed by atoms with Gasteiger partial charge in [0.2, 0.25) is 0 Å². The second-order valence-corrected chi connectivity index (χ2v) is 5.64. The zero-order valence-electron chi connectivity index (χ0n) is 11.2. The minimum absolute atomic E-state index is 0.226. The van der Waals surface area contributed by atoms with Gasteiger partial charge in [0.25, 0.3) is 0 Å². The number of rotatable bonds is 5. The Morgan fingerprint density at radius 3 is 2.79 bits per heavy atom. The van der Waals surface area contributed by atoms with Gasteiger partial charge in [-0.3, -0.25) is 0 Å². The molecule has 2 rings (SSSR count). The van der Waals surface area contributed by atoms with Gasteiger partial charge >= 0.3 is 0 Å². The molecule has 2 aromatic rings. The predicted molar refractivity (Wildman–Crippen MR) is 73.5 cm³/mol. The highest BCUT2D eigenvalue weighted by molar-refractivity contribution is 7.99. The van der Waals surface area contributed by atoms with Crippen molar-refractivity contribution in [2.75, 3.05) is 0 Å². The Morgan fingerprint density at radius 1 is 1.42 bits per heavy atom. The summed E-state index contributed by atoms with van der Waals surface area (Å²) < 4.78 is 15.8. The van der Waals surface area contributed by atoms with Gasteiger partial charge in [-0.2, -0.15) is 0 Å². The smallest absolute Gasteiger partial charge is 0.195 e. The molecule has 0 bridgehead atoms. The summed E-state index contributed by atoms with van der Waals surface area (Å²) in [5, 5.41) is 11.6. The molecule has 6 heteroatoms. The molecule has 0 saturated carbocycles. The van der Waals surface area contributed by atoms with Crippen molar-refractivity contribution >= 4 is 11.8 Å². The number of halogens is 1. The molecule has 0 radical (unpaired) electrons. The maximum Gasteiger partial charge on any atom is 0.195 e.